The van der Waals surface area contributed by atoms with Crippen molar-refractivity contribution in [2.45, 2.75) is 18.6 Å². The molecule has 2 amide bonds. The molecular formula is C12H23N3O4S. The minimum absolute atomic E-state index is 0.0472. The second-order valence-corrected chi connectivity index (χ2v) is 5.77. The summed E-state index contributed by atoms with van der Waals surface area (Å²) >= 11 is 1.55. The highest BCUT2D eigenvalue weighted by Crippen LogP contribution is 2.02. The number of urea groups is 1. The van der Waals surface area contributed by atoms with Crippen LogP contribution in [-0.2, 0) is 9.53 Å². The van der Waals surface area contributed by atoms with Gasteiger partial charge in [-0.2, -0.15) is 11.8 Å². The second kappa shape index (κ2) is 9.04. The number of nitrogens with one attached hydrogen (secondary N) is 2. The lowest BCUT2D eigenvalue weighted by Gasteiger charge is -2.30. The molecule has 0 bridgehead atoms. The smallest absolute Gasteiger partial charge is 0.326 e. The zero-order valence-electron chi connectivity index (χ0n) is 11.9. The Morgan fingerprint density at radius 1 is 1.55 bits per heavy atom. The van der Waals surface area contributed by atoms with E-state index in [-0.39, 0.29) is 6.10 Å². The molecule has 1 aliphatic heterocycles. The molecule has 1 heterocycles. The highest BCUT2D eigenvalue weighted by atomic mass is 32.2. The Hall–Kier alpha value is -0.990. The van der Waals surface area contributed by atoms with Gasteiger partial charge in [-0.1, -0.05) is 0 Å². The number of carbonyl (C=O) groups is 2. The molecule has 20 heavy (non-hydrogen) atoms. The van der Waals surface area contributed by atoms with Gasteiger partial charge in [0, 0.05) is 19.6 Å². The van der Waals surface area contributed by atoms with Crippen LogP contribution in [0.1, 0.15) is 6.42 Å². The molecule has 8 heteroatoms. The largest absolute Gasteiger partial charge is 0.480 e. The number of morpholine rings is 1. The van der Waals surface area contributed by atoms with E-state index < -0.39 is 18.0 Å². The van der Waals surface area contributed by atoms with Crippen molar-refractivity contribution in [2.75, 3.05) is 45.3 Å². The molecular weight excluding hydrogens is 282 g/mol. The summed E-state index contributed by atoms with van der Waals surface area (Å²) in [6.45, 7) is 2.68. The highest BCUT2D eigenvalue weighted by molar-refractivity contribution is 7.98. The lowest BCUT2D eigenvalue weighted by molar-refractivity contribution is -0.139. The van der Waals surface area contributed by atoms with Gasteiger partial charge in [0.15, 0.2) is 0 Å². The highest BCUT2D eigenvalue weighted by Gasteiger charge is 2.21. The number of ether oxygens (including phenoxy) is 1. The topological polar surface area (TPSA) is 90.9 Å². The summed E-state index contributed by atoms with van der Waals surface area (Å²) in [5, 5.41) is 14.2. The van der Waals surface area contributed by atoms with E-state index in [1.165, 1.54) is 0 Å². The van der Waals surface area contributed by atoms with E-state index in [9.17, 15) is 9.59 Å². The first-order valence-corrected chi connectivity index (χ1v) is 7.98. The zero-order valence-corrected chi connectivity index (χ0v) is 12.7. The lowest BCUT2D eigenvalue weighted by Crippen LogP contribution is -2.51. The molecule has 0 aliphatic carbocycles. The fraction of sp³-hybridized carbons (Fsp3) is 0.833. The molecule has 1 fully saturated rings. The zero-order chi connectivity index (χ0) is 15.0. The van der Waals surface area contributed by atoms with Gasteiger partial charge in [0.25, 0.3) is 0 Å². The van der Waals surface area contributed by atoms with Crippen LogP contribution < -0.4 is 10.6 Å². The maximum Gasteiger partial charge on any atom is 0.326 e. The van der Waals surface area contributed by atoms with Crippen molar-refractivity contribution in [1.82, 2.24) is 15.5 Å². The summed E-state index contributed by atoms with van der Waals surface area (Å²) in [5.41, 5.74) is 0. The molecule has 1 saturated heterocycles. The first-order valence-electron chi connectivity index (χ1n) is 6.59. The summed E-state index contributed by atoms with van der Waals surface area (Å²) in [6.07, 6.45) is 2.26. The van der Waals surface area contributed by atoms with Crippen LogP contribution in [0.3, 0.4) is 0 Å². The average Bonchev–Trinajstić information content (AvgIpc) is 2.41. The van der Waals surface area contributed by atoms with Crippen LogP contribution in [0.4, 0.5) is 4.79 Å². The van der Waals surface area contributed by atoms with E-state index >= 15 is 0 Å². The van der Waals surface area contributed by atoms with Gasteiger partial charge in [0.2, 0.25) is 0 Å². The number of rotatable bonds is 7. The number of thioether (sulfide) groups is 1. The predicted octanol–water partition coefficient (Wildman–Crippen LogP) is -0.177. The Morgan fingerprint density at radius 2 is 2.30 bits per heavy atom. The third kappa shape index (κ3) is 6.44. The molecule has 3 N–H and O–H groups in total. The first kappa shape index (κ1) is 17.1. The normalized spacial score (nSPS) is 21.2. The molecule has 0 aromatic carbocycles. The third-order valence-corrected chi connectivity index (χ3v) is 3.69. The van der Waals surface area contributed by atoms with E-state index in [0.29, 0.717) is 25.3 Å². The molecule has 116 valence electrons. The van der Waals surface area contributed by atoms with Crippen molar-refractivity contribution in [3.05, 3.63) is 0 Å². The molecule has 0 aromatic rings. The maximum atomic E-state index is 11.7. The molecule has 0 radical (unpaired) electrons. The standard InChI is InChI=1S/C12H23N3O4S/c1-15-4-5-19-9(8-15)7-13-12(18)14-10(11(16)17)3-6-20-2/h9-10H,3-8H2,1-2H3,(H,16,17)(H2,13,14,18). The van der Waals surface area contributed by atoms with Crippen LogP contribution >= 0.6 is 11.8 Å². The minimum Gasteiger partial charge on any atom is -0.480 e. The van der Waals surface area contributed by atoms with Gasteiger partial charge in [-0.15, -0.1) is 0 Å². The molecule has 0 aromatic heterocycles. The number of hydrogen-bond donors (Lipinski definition) is 3. The average molecular weight is 305 g/mol. The molecule has 0 spiro atoms. The Kier molecular flexibility index (Phi) is 7.71. The van der Waals surface area contributed by atoms with Crippen LogP contribution in [0.5, 0.6) is 0 Å². The van der Waals surface area contributed by atoms with E-state index in [1.807, 2.05) is 13.3 Å². The number of nitrogens with zero attached hydrogens (tertiary/aromatic N) is 1. The summed E-state index contributed by atoms with van der Waals surface area (Å²) in [6, 6.07) is -1.31. The molecule has 2 unspecified atom stereocenters. The number of hydrogen-bond acceptors (Lipinski definition) is 5. The fourth-order valence-corrected chi connectivity index (χ4v) is 2.37. The van der Waals surface area contributed by atoms with Crippen LogP contribution in [0, 0.1) is 0 Å². The predicted molar refractivity (Wildman–Crippen MR) is 78.2 cm³/mol. The number of aliphatic carboxylic acids is 1. The number of carboxylic acid groups (broad SMARTS) is 1. The fourth-order valence-electron chi connectivity index (χ4n) is 1.90. The number of amides is 2. The third-order valence-electron chi connectivity index (χ3n) is 3.05. The van der Waals surface area contributed by atoms with Gasteiger partial charge >= 0.3 is 12.0 Å². The molecule has 1 rings (SSSR count). The van der Waals surface area contributed by atoms with E-state index in [0.717, 1.165) is 13.1 Å². The molecule has 1 aliphatic rings. The van der Waals surface area contributed by atoms with Crippen LogP contribution in [0.25, 0.3) is 0 Å². The Bertz CT molecular complexity index is 330. The van der Waals surface area contributed by atoms with Crippen molar-refractivity contribution in [2.24, 2.45) is 0 Å². The van der Waals surface area contributed by atoms with Crippen molar-refractivity contribution < 1.29 is 19.4 Å². The summed E-state index contributed by atoms with van der Waals surface area (Å²) < 4.78 is 5.51. The summed E-state index contributed by atoms with van der Waals surface area (Å²) in [5.74, 6) is -0.323. The quantitative estimate of drug-likeness (QED) is 0.604. The lowest BCUT2D eigenvalue weighted by atomic mass is 10.2. The van der Waals surface area contributed by atoms with E-state index in [4.69, 9.17) is 9.84 Å². The number of carboxylic acids is 1. The maximum absolute atomic E-state index is 11.7. The van der Waals surface area contributed by atoms with Crippen molar-refractivity contribution in [1.29, 1.82) is 0 Å². The molecule has 2 atom stereocenters. The Labute approximate surface area is 123 Å². The monoisotopic (exact) mass is 305 g/mol. The first-order chi connectivity index (χ1) is 9.52. The molecule has 0 saturated carbocycles. The number of carbonyl (C=O) groups excluding carboxylic acids is 1. The van der Waals surface area contributed by atoms with Crippen molar-refractivity contribution in [3.63, 3.8) is 0 Å². The minimum atomic E-state index is -1.01. The van der Waals surface area contributed by atoms with Gasteiger partial charge in [-0.25, -0.2) is 9.59 Å². The van der Waals surface area contributed by atoms with Gasteiger partial charge in [0.1, 0.15) is 6.04 Å². The van der Waals surface area contributed by atoms with Crippen molar-refractivity contribution >= 4 is 23.8 Å². The van der Waals surface area contributed by atoms with Crippen LogP contribution in [0.2, 0.25) is 0 Å². The molecule has 7 nitrogen and oxygen atoms in total. The number of likely N-dealkylation sites (N-methyl/N-ethyl adjacent to an activating group) is 1. The Balaban J connectivity index is 2.28. The van der Waals surface area contributed by atoms with Gasteiger partial charge in [0.05, 0.1) is 12.7 Å². The van der Waals surface area contributed by atoms with Gasteiger partial charge in [-0.05, 0) is 25.5 Å². The van der Waals surface area contributed by atoms with Crippen molar-refractivity contribution in [3.8, 4) is 0 Å². The van der Waals surface area contributed by atoms with E-state index in [2.05, 4.69) is 15.5 Å². The summed E-state index contributed by atoms with van der Waals surface area (Å²) in [4.78, 5) is 24.8. The second-order valence-electron chi connectivity index (χ2n) is 4.78. The summed E-state index contributed by atoms with van der Waals surface area (Å²) in [7, 11) is 2.00. The van der Waals surface area contributed by atoms with Crippen LogP contribution in [-0.4, -0.2) is 79.5 Å². The SMILES string of the molecule is CSCCC(NC(=O)NCC1CN(C)CCO1)C(=O)O. The van der Waals surface area contributed by atoms with Crippen LogP contribution in [0.15, 0.2) is 0 Å². The van der Waals surface area contributed by atoms with Gasteiger partial charge < -0.3 is 25.4 Å². The van der Waals surface area contributed by atoms with Gasteiger partial charge in [-0.3, -0.25) is 0 Å². The van der Waals surface area contributed by atoms with E-state index in [1.54, 1.807) is 11.8 Å². The Morgan fingerprint density at radius 3 is 2.90 bits per heavy atom.